The Bertz CT molecular complexity index is 690. The van der Waals surface area contributed by atoms with Gasteiger partial charge in [0.2, 0.25) is 5.78 Å². The summed E-state index contributed by atoms with van der Waals surface area (Å²) in [4.78, 5) is 50.7. The van der Waals surface area contributed by atoms with Gasteiger partial charge in [-0.25, -0.2) is 0 Å². The lowest BCUT2D eigenvalue weighted by molar-refractivity contribution is -0.149. The van der Waals surface area contributed by atoms with Crippen LogP contribution in [0.25, 0.3) is 0 Å². The molecule has 7 nitrogen and oxygen atoms in total. The third-order valence-corrected chi connectivity index (χ3v) is 4.70. The van der Waals surface area contributed by atoms with E-state index in [9.17, 15) is 19.2 Å². The van der Waals surface area contributed by atoms with Crippen LogP contribution >= 0.6 is 0 Å². The van der Waals surface area contributed by atoms with Gasteiger partial charge in [-0.1, -0.05) is 20.8 Å². The van der Waals surface area contributed by atoms with Crippen LogP contribution in [0.2, 0.25) is 0 Å². The van der Waals surface area contributed by atoms with Gasteiger partial charge in [0.25, 0.3) is 11.8 Å². The summed E-state index contributed by atoms with van der Waals surface area (Å²) in [6.45, 7) is 7.01. The first-order chi connectivity index (χ1) is 11.2. The van der Waals surface area contributed by atoms with Gasteiger partial charge in [-0.3, -0.25) is 19.2 Å². The third-order valence-electron chi connectivity index (χ3n) is 4.70. The monoisotopic (exact) mass is 333 g/mol. The molecule has 1 aliphatic heterocycles. The highest BCUT2D eigenvalue weighted by atomic mass is 16.2. The highest BCUT2D eigenvalue weighted by molar-refractivity contribution is 6.38. The van der Waals surface area contributed by atoms with Crippen molar-refractivity contribution in [3.8, 4) is 0 Å². The molecule has 1 aromatic heterocycles. The molecule has 130 valence electrons. The second-order valence-corrected chi connectivity index (χ2v) is 6.75. The number of likely N-dealkylation sites (tertiary alicyclic amines) is 1. The van der Waals surface area contributed by atoms with E-state index in [1.165, 1.54) is 24.1 Å². The molecule has 0 aromatic carbocycles. The van der Waals surface area contributed by atoms with Crippen LogP contribution in [0.15, 0.2) is 12.3 Å². The Labute approximate surface area is 141 Å². The lowest BCUT2D eigenvalue weighted by Gasteiger charge is -2.27. The zero-order valence-electron chi connectivity index (χ0n) is 14.5. The molecule has 1 saturated heterocycles. The van der Waals surface area contributed by atoms with Crippen molar-refractivity contribution in [3.05, 3.63) is 18.0 Å². The van der Waals surface area contributed by atoms with E-state index in [2.05, 4.69) is 5.10 Å². The number of ketones is 2. The smallest absolute Gasteiger partial charge is 0.291 e. The summed E-state index contributed by atoms with van der Waals surface area (Å²) in [7, 11) is 0. The van der Waals surface area contributed by atoms with Crippen LogP contribution < -0.4 is 0 Å². The minimum absolute atomic E-state index is 0.180. The Kier molecular flexibility index (Phi) is 5.01. The normalized spacial score (nSPS) is 17.8. The van der Waals surface area contributed by atoms with E-state index < -0.39 is 29.1 Å². The fraction of sp³-hybridized carbons (Fsp3) is 0.588. The van der Waals surface area contributed by atoms with Gasteiger partial charge >= 0.3 is 0 Å². The molecule has 1 fully saturated rings. The maximum absolute atomic E-state index is 12.7. The Morgan fingerprint density at radius 2 is 1.96 bits per heavy atom. The van der Waals surface area contributed by atoms with Gasteiger partial charge < -0.3 is 4.90 Å². The fourth-order valence-corrected chi connectivity index (χ4v) is 2.73. The van der Waals surface area contributed by atoms with Crippen LogP contribution in [0.1, 0.15) is 62.2 Å². The van der Waals surface area contributed by atoms with Gasteiger partial charge in [0.15, 0.2) is 5.78 Å². The van der Waals surface area contributed by atoms with Crippen LogP contribution in [0.5, 0.6) is 0 Å². The van der Waals surface area contributed by atoms with Gasteiger partial charge in [-0.15, -0.1) is 0 Å². The molecule has 0 spiro atoms. The fourth-order valence-electron chi connectivity index (χ4n) is 2.73. The minimum Gasteiger partial charge on any atom is -0.324 e. The zero-order chi connectivity index (χ0) is 18.1. The predicted octanol–water partition coefficient (Wildman–Crippen LogP) is 1.72. The maximum Gasteiger partial charge on any atom is 0.291 e. The summed E-state index contributed by atoms with van der Waals surface area (Å²) in [6.07, 6.45) is 3.01. The Balaban J connectivity index is 2.26. The van der Waals surface area contributed by atoms with Crippen molar-refractivity contribution >= 4 is 23.4 Å². The highest BCUT2D eigenvalue weighted by Gasteiger charge is 2.42. The van der Waals surface area contributed by atoms with Gasteiger partial charge in [-0.2, -0.15) is 9.78 Å². The number of hydrogen-bond donors (Lipinski definition) is 0. The number of amides is 1. The predicted molar refractivity (Wildman–Crippen MR) is 86.7 cm³/mol. The summed E-state index contributed by atoms with van der Waals surface area (Å²) in [5, 5.41) is 3.91. The van der Waals surface area contributed by atoms with E-state index >= 15 is 0 Å². The quantitative estimate of drug-likeness (QED) is 0.604. The van der Waals surface area contributed by atoms with E-state index in [0.717, 1.165) is 4.68 Å². The molecule has 2 heterocycles. The average molecular weight is 333 g/mol. The van der Waals surface area contributed by atoms with E-state index in [-0.39, 0.29) is 11.5 Å². The van der Waals surface area contributed by atoms with E-state index in [1.807, 2.05) is 6.92 Å². The molecule has 1 aliphatic rings. The Morgan fingerprint density at radius 3 is 2.54 bits per heavy atom. The van der Waals surface area contributed by atoms with E-state index in [1.54, 1.807) is 13.8 Å². The molecule has 0 aliphatic carbocycles. The summed E-state index contributed by atoms with van der Waals surface area (Å²) in [5.41, 5.74) is -0.580. The van der Waals surface area contributed by atoms with E-state index in [0.29, 0.717) is 25.8 Å². The third kappa shape index (κ3) is 3.16. The molecule has 1 atom stereocenters. The van der Waals surface area contributed by atoms with Crippen molar-refractivity contribution in [3.63, 3.8) is 0 Å². The summed E-state index contributed by atoms with van der Waals surface area (Å²) >= 11 is 0. The molecule has 7 heteroatoms. The SMILES string of the molecule is CCC(C)(C)C(=O)C(=O)N1CCCC1C(=O)n1nccc1C(C)=O. The topological polar surface area (TPSA) is 89.3 Å². The highest BCUT2D eigenvalue weighted by Crippen LogP contribution is 2.26. The molecule has 0 radical (unpaired) electrons. The summed E-state index contributed by atoms with van der Waals surface area (Å²) in [6, 6.07) is 0.708. The second-order valence-electron chi connectivity index (χ2n) is 6.75. The maximum atomic E-state index is 12.7. The molecule has 0 N–H and O–H groups in total. The molecule has 2 rings (SSSR count). The molecule has 0 bridgehead atoms. The van der Waals surface area contributed by atoms with Crippen LogP contribution in [0, 0.1) is 5.41 Å². The number of carbonyl (C=O) groups excluding carboxylic acids is 4. The van der Waals surface area contributed by atoms with Crippen molar-refractivity contribution in [2.24, 2.45) is 5.41 Å². The molecule has 24 heavy (non-hydrogen) atoms. The van der Waals surface area contributed by atoms with Gasteiger partial charge in [-0.05, 0) is 25.3 Å². The lowest BCUT2D eigenvalue weighted by Crippen LogP contribution is -2.49. The van der Waals surface area contributed by atoms with Crippen molar-refractivity contribution in [2.45, 2.75) is 53.0 Å². The lowest BCUT2D eigenvalue weighted by atomic mass is 9.84. The Hall–Kier alpha value is -2.31. The number of Topliss-reactive ketones (excluding diaryl/α,β-unsaturated/α-hetero) is 2. The number of rotatable bonds is 5. The molecule has 1 aromatic rings. The van der Waals surface area contributed by atoms with Crippen molar-refractivity contribution in [1.29, 1.82) is 0 Å². The van der Waals surface area contributed by atoms with Crippen molar-refractivity contribution in [2.75, 3.05) is 6.54 Å². The van der Waals surface area contributed by atoms with Gasteiger partial charge in [0.1, 0.15) is 11.7 Å². The zero-order valence-corrected chi connectivity index (χ0v) is 14.5. The van der Waals surface area contributed by atoms with Crippen LogP contribution in [-0.4, -0.2) is 50.6 Å². The minimum atomic E-state index is -0.760. The molecular formula is C17H23N3O4. The van der Waals surface area contributed by atoms with Crippen molar-refractivity contribution in [1.82, 2.24) is 14.7 Å². The Morgan fingerprint density at radius 1 is 1.29 bits per heavy atom. The van der Waals surface area contributed by atoms with Crippen molar-refractivity contribution < 1.29 is 19.2 Å². The summed E-state index contributed by atoms with van der Waals surface area (Å²) in [5.74, 6) is -1.84. The number of aromatic nitrogens is 2. The van der Waals surface area contributed by atoms with Gasteiger partial charge in [0.05, 0.1) is 6.20 Å². The average Bonchev–Trinajstić information content (AvgIpc) is 3.21. The first-order valence-electron chi connectivity index (χ1n) is 8.15. The van der Waals surface area contributed by atoms with Crippen LogP contribution in [0.4, 0.5) is 0 Å². The van der Waals surface area contributed by atoms with Crippen LogP contribution in [0.3, 0.4) is 0 Å². The molecule has 1 amide bonds. The standard InChI is InChI=1S/C17H23N3O4/c1-5-17(3,4)14(22)16(24)19-10-6-7-13(19)15(23)20-12(11(2)21)8-9-18-20/h8-9,13H,5-7,10H2,1-4H3. The van der Waals surface area contributed by atoms with Crippen LogP contribution in [-0.2, 0) is 9.59 Å². The number of carbonyl (C=O) groups is 4. The summed E-state index contributed by atoms with van der Waals surface area (Å²) < 4.78 is 1.04. The number of hydrogen-bond acceptors (Lipinski definition) is 5. The first kappa shape index (κ1) is 18.0. The molecule has 0 saturated carbocycles. The van der Waals surface area contributed by atoms with E-state index in [4.69, 9.17) is 0 Å². The van der Waals surface area contributed by atoms with Gasteiger partial charge in [0, 0.05) is 18.9 Å². The molecular weight excluding hydrogens is 310 g/mol. The second kappa shape index (κ2) is 6.67. The number of nitrogens with zero attached hydrogens (tertiary/aromatic N) is 3. The largest absolute Gasteiger partial charge is 0.324 e. The molecule has 1 unspecified atom stereocenters. The first-order valence-corrected chi connectivity index (χ1v) is 8.15.